The van der Waals surface area contributed by atoms with Gasteiger partial charge in [0.15, 0.2) is 0 Å². The summed E-state index contributed by atoms with van der Waals surface area (Å²) >= 11 is 4.15. The van der Waals surface area contributed by atoms with Gasteiger partial charge in [0.1, 0.15) is 0 Å². The van der Waals surface area contributed by atoms with Gasteiger partial charge in [0.05, 0.1) is 6.61 Å². The standard InChI is InChI=1S/C12H15NO2S/c1-2-7-13(8-9-14)12(15)10-3-5-11(16)6-4-10/h2-6,14,16H,1,7-9H2. The van der Waals surface area contributed by atoms with Crippen molar-refractivity contribution in [1.82, 2.24) is 4.90 Å². The number of nitrogens with zero attached hydrogens (tertiary/aromatic N) is 1. The van der Waals surface area contributed by atoms with Gasteiger partial charge in [-0.05, 0) is 24.3 Å². The van der Waals surface area contributed by atoms with E-state index in [0.717, 1.165) is 4.90 Å². The van der Waals surface area contributed by atoms with Gasteiger partial charge in [-0.2, -0.15) is 0 Å². The number of aliphatic hydroxyl groups is 1. The van der Waals surface area contributed by atoms with Crippen molar-refractivity contribution in [2.24, 2.45) is 0 Å². The molecule has 0 heterocycles. The topological polar surface area (TPSA) is 40.5 Å². The van der Waals surface area contributed by atoms with E-state index in [9.17, 15) is 4.79 Å². The van der Waals surface area contributed by atoms with Gasteiger partial charge < -0.3 is 10.0 Å². The van der Waals surface area contributed by atoms with Gasteiger partial charge >= 0.3 is 0 Å². The quantitative estimate of drug-likeness (QED) is 0.603. The Morgan fingerprint density at radius 2 is 2.06 bits per heavy atom. The van der Waals surface area contributed by atoms with E-state index in [0.29, 0.717) is 18.7 Å². The molecule has 1 N–H and O–H groups in total. The zero-order valence-corrected chi connectivity index (χ0v) is 9.86. The summed E-state index contributed by atoms with van der Waals surface area (Å²) in [5.41, 5.74) is 0.591. The van der Waals surface area contributed by atoms with Crippen LogP contribution in [0.1, 0.15) is 10.4 Å². The van der Waals surface area contributed by atoms with Gasteiger partial charge in [0.2, 0.25) is 0 Å². The molecule has 0 unspecified atom stereocenters. The Balaban J connectivity index is 2.80. The fraction of sp³-hybridized carbons (Fsp3) is 0.250. The summed E-state index contributed by atoms with van der Waals surface area (Å²) in [5, 5.41) is 8.86. The molecule has 0 saturated carbocycles. The van der Waals surface area contributed by atoms with E-state index in [1.165, 1.54) is 0 Å². The van der Waals surface area contributed by atoms with Crippen LogP contribution in [0.3, 0.4) is 0 Å². The zero-order chi connectivity index (χ0) is 12.0. The van der Waals surface area contributed by atoms with E-state index in [2.05, 4.69) is 19.2 Å². The van der Waals surface area contributed by atoms with Gasteiger partial charge in [-0.1, -0.05) is 6.08 Å². The Labute approximate surface area is 101 Å². The first-order valence-electron chi connectivity index (χ1n) is 4.99. The highest BCUT2D eigenvalue weighted by molar-refractivity contribution is 7.80. The number of carbonyl (C=O) groups is 1. The summed E-state index contributed by atoms with van der Waals surface area (Å²) in [6.45, 7) is 4.28. The number of benzene rings is 1. The second kappa shape index (κ2) is 6.35. The number of rotatable bonds is 5. The molecule has 1 amide bonds. The second-order valence-electron chi connectivity index (χ2n) is 3.31. The van der Waals surface area contributed by atoms with E-state index in [-0.39, 0.29) is 12.5 Å². The van der Waals surface area contributed by atoms with Crippen molar-refractivity contribution in [2.45, 2.75) is 4.90 Å². The van der Waals surface area contributed by atoms with Crippen molar-refractivity contribution in [3.8, 4) is 0 Å². The number of hydrogen-bond acceptors (Lipinski definition) is 3. The molecule has 0 spiro atoms. The number of hydrogen-bond donors (Lipinski definition) is 2. The molecule has 0 aliphatic heterocycles. The molecular weight excluding hydrogens is 222 g/mol. The summed E-state index contributed by atoms with van der Waals surface area (Å²) < 4.78 is 0. The Kier molecular flexibility index (Phi) is 5.08. The average Bonchev–Trinajstić information content (AvgIpc) is 2.29. The molecule has 1 aromatic carbocycles. The molecule has 0 bridgehead atoms. The molecule has 0 saturated heterocycles. The maximum absolute atomic E-state index is 12.0. The molecular formula is C12H15NO2S. The first kappa shape index (κ1) is 12.8. The third-order valence-electron chi connectivity index (χ3n) is 2.12. The largest absolute Gasteiger partial charge is 0.395 e. The Hall–Kier alpha value is -1.26. The summed E-state index contributed by atoms with van der Waals surface area (Å²) in [6, 6.07) is 6.97. The lowest BCUT2D eigenvalue weighted by molar-refractivity contribution is 0.0743. The van der Waals surface area contributed by atoms with Gasteiger partial charge in [-0.15, -0.1) is 19.2 Å². The Morgan fingerprint density at radius 1 is 1.44 bits per heavy atom. The lowest BCUT2D eigenvalue weighted by Gasteiger charge is -2.19. The van der Waals surface area contributed by atoms with Crippen molar-refractivity contribution in [3.05, 3.63) is 42.5 Å². The van der Waals surface area contributed by atoms with Crippen molar-refractivity contribution in [1.29, 1.82) is 0 Å². The highest BCUT2D eigenvalue weighted by Crippen LogP contribution is 2.10. The van der Waals surface area contributed by atoms with Crippen LogP contribution in [0.15, 0.2) is 41.8 Å². The molecule has 0 atom stereocenters. The third kappa shape index (κ3) is 3.40. The van der Waals surface area contributed by atoms with E-state index in [4.69, 9.17) is 5.11 Å². The van der Waals surface area contributed by atoms with Gasteiger partial charge in [-0.25, -0.2) is 0 Å². The highest BCUT2D eigenvalue weighted by Gasteiger charge is 2.13. The first-order valence-corrected chi connectivity index (χ1v) is 5.44. The van der Waals surface area contributed by atoms with E-state index in [1.54, 1.807) is 35.2 Å². The molecule has 16 heavy (non-hydrogen) atoms. The Morgan fingerprint density at radius 3 is 2.56 bits per heavy atom. The smallest absolute Gasteiger partial charge is 0.254 e. The van der Waals surface area contributed by atoms with Crippen molar-refractivity contribution in [2.75, 3.05) is 19.7 Å². The molecule has 1 rings (SSSR count). The fourth-order valence-electron chi connectivity index (χ4n) is 1.34. The molecule has 3 nitrogen and oxygen atoms in total. The van der Waals surface area contributed by atoms with E-state index >= 15 is 0 Å². The number of carbonyl (C=O) groups excluding carboxylic acids is 1. The second-order valence-corrected chi connectivity index (χ2v) is 3.83. The predicted octanol–water partition coefficient (Wildman–Crippen LogP) is 1.60. The number of thiol groups is 1. The first-order chi connectivity index (χ1) is 7.69. The minimum absolute atomic E-state index is 0.0514. The van der Waals surface area contributed by atoms with Crippen LogP contribution in [0.25, 0.3) is 0 Å². The van der Waals surface area contributed by atoms with Crippen LogP contribution < -0.4 is 0 Å². The third-order valence-corrected chi connectivity index (χ3v) is 2.42. The average molecular weight is 237 g/mol. The molecule has 0 fully saturated rings. The number of amides is 1. The molecule has 0 aliphatic carbocycles. The van der Waals surface area contributed by atoms with Crippen molar-refractivity contribution < 1.29 is 9.90 Å². The van der Waals surface area contributed by atoms with Crippen LogP contribution in [0.5, 0.6) is 0 Å². The molecule has 0 radical (unpaired) electrons. The van der Waals surface area contributed by atoms with Gasteiger partial charge in [-0.3, -0.25) is 4.79 Å². The number of aliphatic hydroxyl groups excluding tert-OH is 1. The van der Waals surface area contributed by atoms with Crippen LogP contribution in [0, 0.1) is 0 Å². The van der Waals surface area contributed by atoms with Gasteiger partial charge in [0.25, 0.3) is 5.91 Å². The van der Waals surface area contributed by atoms with E-state index in [1.807, 2.05) is 0 Å². The zero-order valence-electron chi connectivity index (χ0n) is 8.97. The molecule has 1 aromatic rings. The van der Waals surface area contributed by atoms with Crippen LogP contribution >= 0.6 is 12.6 Å². The maximum atomic E-state index is 12.0. The Bertz CT molecular complexity index is 362. The monoisotopic (exact) mass is 237 g/mol. The van der Waals surface area contributed by atoms with Crippen LogP contribution in [0.4, 0.5) is 0 Å². The fourth-order valence-corrected chi connectivity index (χ4v) is 1.49. The summed E-state index contributed by atoms with van der Waals surface area (Å²) in [7, 11) is 0. The normalized spacial score (nSPS) is 9.88. The lowest BCUT2D eigenvalue weighted by atomic mass is 10.2. The van der Waals surface area contributed by atoms with Crippen LogP contribution in [0.2, 0.25) is 0 Å². The summed E-state index contributed by atoms with van der Waals surface area (Å²) in [4.78, 5) is 14.3. The van der Waals surface area contributed by atoms with Crippen molar-refractivity contribution in [3.63, 3.8) is 0 Å². The lowest BCUT2D eigenvalue weighted by Crippen LogP contribution is -2.33. The highest BCUT2D eigenvalue weighted by atomic mass is 32.1. The minimum Gasteiger partial charge on any atom is -0.395 e. The summed E-state index contributed by atoms with van der Waals surface area (Å²) in [5.74, 6) is -0.109. The van der Waals surface area contributed by atoms with E-state index < -0.39 is 0 Å². The molecule has 0 aromatic heterocycles. The maximum Gasteiger partial charge on any atom is 0.254 e. The molecule has 0 aliphatic rings. The molecule has 4 heteroatoms. The van der Waals surface area contributed by atoms with Crippen molar-refractivity contribution >= 4 is 18.5 Å². The SMILES string of the molecule is C=CCN(CCO)C(=O)c1ccc(S)cc1. The minimum atomic E-state index is -0.109. The predicted molar refractivity (Wildman–Crippen MR) is 66.9 cm³/mol. The van der Waals surface area contributed by atoms with Gasteiger partial charge in [0, 0.05) is 23.5 Å². The summed E-state index contributed by atoms with van der Waals surface area (Å²) in [6.07, 6.45) is 1.64. The van der Waals surface area contributed by atoms with Crippen LogP contribution in [-0.4, -0.2) is 35.6 Å². The molecule has 86 valence electrons. The van der Waals surface area contributed by atoms with Crippen LogP contribution in [-0.2, 0) is 0 Å².